The highest BCUT2D eigenvalue weighted by Gasteiger charge is 2.24. The molecular formula is C22H28N6O3. The van der Waals surface area contributed by atoms with Crippen molar-refractivity contribution >= 4 is 17.1 Å². The normalized spacial score (nSPS) is 15.0. The Hall–Kier alpha value is -3.20. The van der Waals surface area contributed by atoms with E-state index in [2.05, 4.69) is 16.8 Å². The van der Waals surface area contributed by atoms with E-state index in [4.69, 9.17) is 0 Å². The van der Waals surface area contributed by atoms with Gasteiger partial charge in [0.15, 0.2) is 11.2 Å². The molecule has 1 amide bonds. The van der Waals surface area contributed by atoms with Crippen LogP contribution >= 0.6 is 0 Å². The Labute approximate surface area is 180 Å². The summed E-state index contributed by atoms with van der Waals surface area (Å²) < 4.78 is 4.27. The first-order chi connectivity index (χ1) is 15.0. The molecule has 2 aromatic heterocycles. The van der Waals surface area contributed by atoms with Crippen molar-refractivity contribution in [3.8, 4) is 0 Å². The molecule has 1 aromatic carbocycles. The van der Waals surface area contributed by atoms with Gasteiger partial charge in [-0.2, -0.15) is 0 Å². The zero-order valence-electron chi connectivity index (χ0n) is 18.0. The topological polar surface area (TPSA) is 85.4 Å². The molecule has 31 heavy (non-hydrogen) atoms. The number of benzene rings is 1. The van der Waals surface area contributed by atoms with E-state index in [1.807, 2.05) is 37.3 Å². The van der Waals surface area contributed by atoms with Crippen LogP contribution in [0.1, 0.15) is 19.4 Å². The number of hydrogen-bond donors (Lipinski definition) is 0. The lowest BCUT2D eigenvalue weighted by Gasteiger charge is -2.34. The monoisotopic (exact) mass is 424 g/mol. The van der Waals surface area contributed by atoms with E-state index < -0.39 is 11.2 Å². The van der Waals surface area contributed by atoms with Crippen LogP contribution in [0.15, 0.2) is 46.2 Å². The Balaban J connectivity index is 1.73. The molecule has 9 nitrogen and oxygen atoms in total. The first-order valence-electron chi connectivity index (χ1n) is 10.8. The molecule has 1 fully saturated rings. The van der Waals surface area contributed by atoms with Crippen LogP contribution in [-0.2, 0) is 24.4 Å². The lowest BCUT2D eigenvalue weighted by molar-refractivity contribution is -0.133. The summed E-state index contributed by atoms with van der Waals surface area (Å²) in [7, 11) is 0. The van der Waals surface area contributed by atoms with Crippen molar-refractivity contribution in [1.82, 2.24) is 28.5 Å². The van der Waals surface area contributed by atoms with Gasteiger partial charge in [-0.3, -0.25) is 14.2 Å². The first kappa shape index (κ1) is 21.0. The Morgan fingerprint density at radius 2 is 1.68 bits per heavy atom. The number of aryl methyl sites for hydroxylation is 1. The summed E-state index contributed by atoms with van der Waals surface area (Å²) in [6, 6.07) is 9.55. The van der Waals surface area contributed by atoms with Gasteiger partial charge >= 0.3 is 5.69 Å². The summed E-state index contributed by atoms with van der Waals surface area (Å²) >= 11 is 0. The number of imidazole rings is 1. The van der Waals surface area contributed by atoms with Crippen molar-refractivity contribution in [1.29, 1.82) is 0 Å². The maximum absolute atomic E-state index is 13.3. The van der Waals surface area contributed by atoms with E-state index in [1.54, 1.807) is 15.8 Å². The number of piperazine rings is 1. The standard InChI is InChI=1S/C22H28N6O3/c1-3-24-10-12-26(13-11-24)18(29)15-28-21(30)19-20(23-16-25(19)4-2)27(22(28)31)14-17-8-6-5-7-9-17/h5-9,16H,3-4,10-15H2,1-2H3. The maximum atomic E-state index is 13.3. The summed E-state index contributed by atoms with van der Waals surface area (Å²) in [4.78, 5) is 47.8. The summed E-state index contributed by atoms with van der Waals surface area (Å²) in [5, 5.41) is 0. The Bertz CT molecular complexity index is 1190. The highest BCUT2D eigenvalue weighted by atomic mass is 16.2. The predicted octanol–water partition coefficient (Wildman–Crippen LogP) is 0.592. The molecule has 1 aliphatic heterocycles. The third kappa shape index (κ3) is 4.05. The van der Waals surface area contributed by atoms with E-state index in [0.717, 1.165) is 29.8 Å². The number of nitrogens with zero attached hydrogens (tertiary/aromatic N) is 6. The summed E-state index contributed by atoms with van der Waals surface area (Å²) in [6.07, 6.45) is 1.57. The highest BCUT2D eigenvalue weighted by molar-refractivity contribution is 5.77. The number of hydrogen-bond acceptors (Lipinski definition) is 5. The molecule has 0 radical (unpaired) electrons. The Kier molecular flexibility index (Phi) is 6.03. The minimum Gasteiger partial charge on any atom is -0.339 e. The second kappa shape index (κ2) is 8.89. The molecular weight excluding hydrogens is 396 g/mol. The van der Waals surface area contributed by atoms with Crippen LogP contribution in [0, 0.1) is 0 Å². The van der Waals surface area contributed by atoms with Gasteiger partial charge in [0.05, 0.1) is 12.9 Å². The minimum atomic E-state index is -0.511. The zero-order chi connectivity index (χ0) is 22.0. The largest absolute Gasteiger partial charge is 0.339 e. The van der Waals surface area contributed by atoms with Gasteiger partial charge in [0.1, 0.15) is 6.54 Å². The summed E-state index contributed by atoms with van der Waals surface area (Å²) in [5.41, 5.74) is 0.638. The molecule has 0 spiro atoms. The third-order valence-electron chi connectivity index (χ3n) is 5.97. The number of aromatic nitrogens is 4. The van der Waals surface area contributed by atoms with Crippen molar-refractivity contribution in [2.45, 2.75) is 33.5 Å². The molecule has 1 aliphatic rings. The van der Waals surface area contributed by atoms with Crippen LogP contribution in [-0.4, -0.2) is 67.1 Å². The molecule has 3 aromatic rings. The van der Waals surface area contributed by atoms with Gasteiger partial charge < -0.3 is 14.4 Å². The molecule has 4 rings (SSSR count). The first-order valence-corrected chi connectivity index (χ1v) is 10.8. The van der Waals surface area contributed by atoms with Crippen LogP contribution in [0.5, 0.6) is 0 Å². The molecule has 0 N–H and O–H groups in total. The number of carbonyl (C=O) groups is 1. The summed E-state index contributed by atoms with van der Waals surface area (Å²) in [6.45, 7) is 8.33. The molecule has 0 atom stereocenters. The van der Waals surface area contributed by atoms with Gasteiger partial charge in [-0.1, -0.05) is 37.3 Å². The maximum Gasteiger partial charge on any atom is 0.333 e. The van der Waals surface area contributed by atoms with Crippen molar-refractivity contribution in [2.24, 2.45) is 0 Å². The smallest absolute Gasteiger partial charge is 0.333 e. The number of carbonyl (C=O) groups excluding carboxylic acids is 1. The molecule has 0 saturated carbocycles. The van der Waals surface area contributed by atoms with Gasteiger partial charge in [-0.15, -0.1) is 0 Å². The fourth-order valence-electron chi connectivity index (χ4n) is 4.08. The zero-order valence-corrected chi connectivity index (χ0v) is 18.0. The molecule has 164 valence electrons. The van der Waals surface area contributed by atoms with Gasteiger partial charge in [0, 0.05) is 32.7 Å². The van der Waals surface area contributed by atoms with Crippen molar-refractivity contribution in [3.05, 3.63) is 63.1 Å². The summed E-state index contributed by atoms with van der Waals surface area (Å²) in [5.74, 6) is -0.205. The Morgan fingerprint density at radius 1 is 0.968 bits per heavy atom. The Morgan fingerprint density at radius 3 is 2.32 bits per heavy atom. The average molecular weight is 425 g/mol. The lowest BCUT2D eigenvalue weighted by atomic mass is 10.2. The number of amides is 1. The van der Waals surface area contributed by atoms with Crippen LogP contribution in [0.4, 0.5) is 0 Å². The number of rotatable bonds is 6. The fourth-order valence-corrected chi connectivity index (χ4v) is 4.08. The predicted molar refractivity (Wildman–Crippen MR) is 118 cm³/mol. The van der Waals surface area contributed by atoms with Crippen LogP contribution in [0.2, 0.25) is 0 Å². The lowest BCUT2D eigenvalue weighted by Crippen LogP contribution is -2.51. The highest BCUT2D eigenvalue weighted by Crippen LogP contribution is 2.10. The van der Waals surface area contributed by atoms with E-state index in [1.165, 1.54) is 4.57 Å². The molecule has 0 aliphatic carbocycles. The van der Waals surface area contributed by atoms with Crippen molar-refractivity contribution in [3.63, 3.8) is 0 Å². The third-order valence-corrected chi connectivity index (χ3v) is 5.97. The number of fused-ring (bicyclic) bond motifs is 1. The number of likely N-dealkylation sites (N-methyl/N-ethyl adjacent to an activating group) is 1. The van der Waals surface area contributed by atoms with E-state index in [0.29, 0.717) is 30.8 Å². The van der Waals surface area contributed by atoms with E-state index >= 15 is 0 Å². The van der Waals surface area contributed by atoms with Crippen LogP contribution in [0.25, 0.3) is 11.2 Å². The average Bonchev–Trinajstić information content (AvgIpc) is 3.24. The minimum absolute atomic E-state index is 0.205. The van der Waals surface area contributed by atoms with Crippen LogP contribution in [0.3, 0.4) is 0 Å². The van der Waals surface area contributed by atoms with Crippen LogP contribution < -0.4 is 11.2 Å². The van der Waals surface area contributed by atoms with Gasteiger partial charge in [-0.05, 0) is 19.0 Å². The van der Waals surface area contributed by atoms with Gasteiger partial charge in [-0.25, -0.2) is 14.3 Å². The van der Waals surface area contributed by atoms with Gasteiger partial charge in [0.2, 0.25) is 5.91 Å². The molecule has 0 unspecified atom stereocenters. The molecule has 0 bridgehead atoms. The van der Waals surface area contributed by atoms with Gasteiger partial charge in [0.25, 0.3) is 5.56 Å². The SMILES string of the molecule is CCN1CCN(C(=O)Cn2c(=O)c3c(ncn3CC)n(Cc3ccccc3)c2=O)CC1. The van der Waals surface area contributed by atoms with Crippen molar-refractivity contribution in [2.75, 3.05) is 32.7 Å². The van der Waals surface area contributed by atoms with E-state index in [9.17, 15) is 14.4 Å². The quantitative estimate of drug-likeness (QED) is 0.578. The van der Waals surface area contributed by atoms with Crippen molar-refractivity contribution < 1.29 is 4.79 Å². The molecule has 9 heteroatoms. The molecule has 1 saturated heterocycles. The fraction of sp³-hybridized carbons (Fsp3) is 0.455. The van der Waals surface area contributed by atoms with E-state index in [-0.39, 0.29) is 19.0 Å². The second-order valence-electron chi connectivity index (χ2n) is 7.76. The second-order valence-corrected chi connectivity index (χ2v) is 7.76. The molecule has 3 heterocycles.